The molecule has 3 N–H and O–H groups in total. The zero-order chi connectivity index (χ0) is 11.9. The largest absolute Gasteiger partial charge is 0.338 e. The van der Waals surface area contributed by atoms with Crippen molar-refractivity contribution in [1.29, 1.82) is 0 Å². The van der Waals surface area contributed by atoms with E-state index in [0.717, 1.165) is 19.3 Å². The molecule has 0 bridgehead atoms. The van der Waals surface area contributed by atoms with Crippen LogP contribution in [0.15, 0.2) is 10.9 Å². The maximum absolute atomic E-state index is 6.11. The highest BCUT2D eigenvalue weighted by molar-refractivity contribution is 5.40. The van der Waals surface area contributed by atoms with Crippen LogP contribution < -0.4 is 5.73 Å². The highest BCUT2D eigenvalue weighted by Crippen LogP contribution is 2.39. The fourth-order valence-electron chi connectivity index (χ4n) is 2.32. The standard InChI is InChI=1S/C10H14N6O/c1-10(4-2-3-6(10)11)9-14-8(16-17-9)7-12-5-13-15-7/h5-6H,2-4,11H2,1H3,(H,12,13,15). The van der Waals surface area contributed by atoms with Crippen LogP contribution in [0.2, 0.25) is 0 Å². The highest BCUT2D eigenvalue weighted by atomic mass is 16.5. The summed E-state index contributed by atoms with van der Waals surface area (Å²) >= 11 is 0. The van der Waals surface area contributed by atoms with Gasteiger partial charge in [0.25, 0.3) is 0 Å². The van der Waals surface area contributed by atoms with Crippen LogP contribution in [0.3, 0.4) is 0 Å². The molecule has 2 aromatic rings. The van der Waals surface area contributed by atoms with E-state index in [1.165, 1.54) is 6.33 Å². The van der Waals surface area contributed by atoms with Gasteiger partial charge >= 0.3 is 0 Å². The number of hydrogen-bond donors (Lipinski definition) is 2. The second kappa shape index (κ2) is 3.63. The third kappa shape index (κ3) is 1.54. The minimum atomic E-state index is -0.217. The molecule has 1 aliphatic carbocycles. The van der Waals surface area contributed by atoms with Crippen molar-refractivity contribution in [2.45, 2.75) is 37.6 Å². The molecule has 0 aromatic carbocycles. The van der Waals surface area contributed by atoms with Crippen LogP contribution in [0.4, 0.5) is 0 Å². The number of H-pyrrole nitrogens is 1. The van der Waals surface area contributed by atoms with Crippen molar-refractivity contribution in [3.05, 3.63) is 12.2 Å². The summed E-state index contributed by atoms with van der Waals surface area (Å²) in [6.07, 6.45) is 4.48. The fraction of sp³-hybridized carbons (Fsp3) is 0.600. The summed E-state index contributed by atoms with van der Waals surface area (Å²) in [7, 11) is 0. The molecule has 90 valence electrons. The Morgan fingerprint density at radius 3 is 3.12 bits per heavy atom. The number of aromatic nitrogens is 5. The summed E-state index contributed by atoms with van der Waals surface area (Å²) in [5.41, 5.74) is 5.89. The quantitative estimate of drug-likeness (QED) is 0.789. The van der Waals surface area contributed by atoms with Crippen molar-refractivity contribution in [2.24, 2.45) is 5.73 Å². The summed E-state index contributed by atoms with van der Waals surface area (Å²) in [4.78, 5) is 8.35. The first kappa shape index (κ1) is 10.4. The average Bonchev–Trinajstić information content (AvgIpc) is 3.01. The lowest BCUT2D eigenvalue weighted by Crippen LogP contribution is -2.38. The Morgan fingerprint density at radius 2 is 2.47 bits per heavy atom. The topological polar surface area (TPSA) is 107 Å². The Labute approximate surface area is 97.8 Å². The predicted octanol–water partition coefficient (Wildman–Crippen LogP) is 0.624. The summed E-state index contributed by atoms with van der Waals surface area (Å²) < 4.78 is 5.32. The Balaban J connectivity index is 1.95. The van der Waals surface area contributed by atoms with Crippen molar-refractivity contribution >= 4 is 0 Å². The Bertz CT molecular complexity index is 507. The van der Waals surface area contributed by atoms with Gasteiger partial charge in [-0.25, -0.2) is 4.98 Å². The van der Waals surface area contributed by atoms with Crippen LogP contribution in [0.25, 0.3) is 11.6 Å². The van der Waals surface area contributed by atoms with Crippen LogP contribution in [-0.4, -0.2) is 31.4 Å². The number of rotatable bonds is 2. The minimum absolute atomic E-state index is 0.0746. The van der Waals surface area contributed by atoms with Gasteiger partial charge in [-0.15, -0.1) is 0 Å². The smallest absolute Gasteiger partial charge is 0.239 e. The first-order valence-corrected chi connectivity index (χ1v) is 5.65. The normalized spacial score (nSPS) is 28.7. The molecule has 0 amide bonds. The van der Waals surface area contributed by atoms with Gasteiger partial charge in [0.15, 0.2) is 5.82 Å². The summed E-state index contributed by atoms with van der Waals surface area (Å²) in [6.45, 7) is 2.07. The van der Waals surface area contributed by atoms with Crippen LogP contribution in [0.1, 0.15) is 32.1 Å². The molecule has 2 atom stereocenters. The van der Waals surface area contributed by atoms with Gasteiger partial charge in [-0.2, -0.15) is 10.1 Å². The third-order valence-corrected chi connectivity index (χ3v) is 3.57. The van der Waals surface area contributed by atoms with E-state index in [4.69, 9.17) is 10.3 Å². The van der Waals surface area contributed by atoms with Crippen molar-refractivity contribution in [2.75, 3.05) is 0 Å². The van der Waals surface area contributed by atoms with Gasteiger partial charge in [0.2, 0.25) is 11.7 Å². The van der Waals surface area contributed by atoms with E-state index in [1.807, 2.05) is 0 Å². The van der Waals surface area contributed by atoms with E-state index in [9.17, 15) is 0 Å². The molecule has 7 nitrogen and oxygen atoms in total. The number of aromatic amines is 1. The molecule has 0 saturated heterocycles. The summed E-state index contributed by atoms with van der Waals surface area (Å²) in [5, 5.41) is 10.4. The van der Waals surface area contributed by atoms with Gasteiger partial charge < -0.3 is 10.3 Å². The second-order valence-corrected chi connectivity index (χ2v) is 4.67. The third-order valence-electron chi connectivity index (χ3n) is 3.57. The maximum atomic E-state index is 6.11. The van der Waals surface area contributed by atoms with Gasteiger partial charge in [-0.3, -0.25) is 5.10 Å². The van der Waals surface area contributed by atoms with E-state index in [1.54, 1.807) is 0 Å². The molecule has 17 heavy (non-hydrogen) atoms. The Kier molecular flexibility index (Phi) is 2.22. The molecule has 0 radical (unpaired) electrons. The molecular weight excluding hydrogens is 220 g/mol. The van der Waals surface area contributed by atoms with Gasteiger partial charge in [0.05, 0.1) is 5.41 Å². The molecule has 1 aliphatic rings. The number of hydrogen-bond acceptors (Lipinski definition) is 6. The van der Waals surface area contributed by atoms with E-state index < -0.39 is 0 Å². The predicted molar refractivity (Wildman–Crippen MR) is 58.9 cm³/mol. The lowest BCUT2D eigenvalue weighted by atomic mass is 9.85. The van der Waals surface area contributed by atoms with Gasteiger partial charge in [0, 0.05) is 6.04 Å². The number of nitrogens with one attached hydrogen (secondary N) is 1. The lowest BCUT2D eigenvalue weighted by molar-refractivity contribution is 0.278. The van der Waals surface area contributed by atoms with Crippen LogP contribution in [-0.2, 0) is 5.41 Å². The second-order valence-electron chi connectivity index (χ2n) is 4.67. The van der Waals surface area contributed by atoms with Crippen LogP contribution in [0, 0.1) is 0 Å². The Morgan fingerprint density at radius 1 is 1.59 bits per heavy atom. The van der Waals surface area contributed by atoms with Gasteiger partial charge in [0.1, 0.15) is 6.33 Å². The lowest BCUT2D eigenvalue weighted by Gasteiger charge is -2.23. The van der Waals surface area contributed by atoms with Crippen LogP contribution in [0.5, 0.6) is 0 Å². The molecule has 1 saturated carbocycles. The van der Waals surface area contributed by atoms with Crippen molar-refractivity contribution < 1.29 is 4.52 Å². The maximum Gasteiger partial charge on any atom is 0.239 e. The molecule has 2 heterocycles. The zero-order valence-corrected chi connectivity index (χ0v) is 9.55. The molecular formula is C10H14N6O. The van der Waals surface area contributed by atoms with E-state index >= 15 is 0 Å². The van der Waals surface area contributed by atoms with E-state index in [-0.39, 0.29) is 11.5 Å². The SMILES string of the molecule is CC1(c2nc(-c3ncn[nH]3)no2)CCCC1N. The first-order valence-electron chi connectivity index (χ1n) is 5.65. The minimum Gasteiger partial charge on any atom is -0.338 e. The van der Waals surface area contributed by atoms with Gasteiger partial charge in [-0.05, 0) is 19.8 Å². The van der Waals surface area contributed by atoms with Gasteiger partial charge in [-0.1, -0.05) is 11.6 Å². The molecule has 1 fully saturated rings. The fourth-order valence-corrected chi connectivity index (χ4v) is 2.32. The monoisotopic (exact) mass is 234 g/mol. The molecule has 0 spiro atoms. The van der Waals surface area contributed by atoms with Crippen LogP contribution >= 0.6 is 0 Å². The summed E-state index contributed by atoms with van der Waals surface area (Å²) in [5.74, 6) is 1.53. The molecule has 7 heteroatoms. The number of nitrogens with zero attached hydrogens (tertiary/aromatic N) is 4. The van der Waals surface area contributed by atoms with E-state index in [0.29, 0.717) is 17.5 Å². The molecule has 3 rings (SSSR count). The Hall–Kier alpha value is -1.76. The highest BCUT2D eigenvalue weighted by Gasteiger charge is 2.42. The molecule has 2 aromatic heterocycles. The summed E-state index contributed by atoms with van der Waals surface area (Å²) in [6, 6.07) is 0.0746. The number of nitrogens with two attached hydrogens (primary N) is 1. The van der Waals surface area contributed by atoms with Crippen molar-refractivity contribution in [3.63, 3.8) is 0 Å². The first-order chi connectivity index (χ1) is 8.20. The zero-order valence-electron chi connectivity index (χ0n) is 9.55. The molecule has 2 unspecified atom stereocenters. The van der Waals surface area contributed by atoms with E-state index in [2.05, 4.69) is 32.2 Å². The van der Waals surface area contributed by atoms with Crippen molar-refractivity contribution in [3.8, 4) is 11.6 Å². The van der Waals surface area contributed by atoms with Crippen molar-refractivity contribution in [1.82, 2.24) is 25.3 Å². The average molecular weight is 234 g/mol. The molecule has 0 aliphatic heterocycles.